The number of nitrogens with zero attached hydrogens (tertiary/aromatic N) is 3. The summed E-state index contributed by atoms with van der Waals surface area (Å²) in [6, 6.07) is 2.16. The number of carbonyl (C=O) groups excluding carboxylic acids is 1. The van der Waals surface area contributed by atoms with Gasteiger partial charge in [-0.05, 0) is 51.5 Å². The summed E-state index contributed by atoms with van der Waals surface area (Å²) in [5.74, 6) is -1.18. The summed E-state index contributed by atoms with van der Waals surface area (Å²) in [7, 11) is 0. The average molecular weight is 389 g/mol. The molecule has 1 saturated carbocycles. The summed E-state index contributed by atoms with van der Waals surface area (Å²) in [4.78, 5) is 13.2. The highest BCUT2D eigenvalue weighted by Crippen LogP contribution is 2.36. The van der Waals surface area contributed by atoms with Gasteiger partial charge in [0.2, 0.25) is 5.60 Å². The smallest absolute Gasteiger partial charge is 0.393 e. The minimum absolute atomic E-state index is 0.110. The van der Waals surface area contributed by atoms with Gasteiger partial charge in [-0.2, -0.15) is 18.3 Å². The van der Waals surface area contributed by atoms with E-state index in [9.17, 15) is 28.2 Å². The van der Waals surface area contributed by atoms with E-state index in [1.165, 1.54) is 0 Å². The van der Waals surface area contributed by atoms with Crippen LogP contribution >= 0.6 is 0 Å². The first-order chi connectivity index (χ1) is 12.6. The highest BCUT2D eigenvalue weighted by Gasteiger charge is 2.57. The van der Waals surface area contributed by atoms with Crippen LogP contribution in [0.2, 0.25) is 0 Å². The molecule has 1 amide bonds. The lowest BCUT2D eigenvalue weighted by Crippen LogP contribution is -2.57. The number of aromatic nitrogens is 2. The van der Waals surface area contributed by atoms with Crippen molar-refractivity contribution in [3.05, 3.63) is 18.0 Å². The molecule has 27 heavy (non-hydrogen) atoms. The SMILES string of the molecule is C[C@@](O)(C(=O)N1CCC(c2ccnn2C2CCC(O)CC2)CC1)C(F)(F)F. The Kier molecular flexibility index (Phi) is 5.54. The van der Waals surface area contributed by atoms with Crippen LogP contribution in [0.1, 0.15) is 63.1 Å². The predicted molar refractivity (Wildman–Crippen MR) is 91.0 cm³/mol. The zero-order chi connectivity index (χ0) is 19.8. The predicted octanol–water partition coefficient (Wildman–Crippen LogP) is 2.38. The van der Waals surface area contributed by atoms with Gasteiger partial charge in [-0.25, -0.2) is 0 Å². The van der Waals surface area contributed by atoms with E-state index in [0.29, 0.717) is 19.8 Å². The Morgan fingerprint density at radius 1 is 1.15 bits per heavy atom. The first-order valence-electron chi connectivity index (χ1n) is 9.41. The molecule has 1 saturated heterocycles. The number of alkyl halides is 3. The summed E-state index contributed by atoms with van der Waals surface area (Å²) < 4.78 is 40.7. The van der Waals surface area contributed by atoms with Crippen LogP contribution in [-0.4, -0.2) is 61.8 Å². The number of hydrogen-bond donors (Lipinski definition) is 2. The molecule has 9 heteroatoms. The number of piperidine rings is 1. The third-order valence-corrected chi connectivity index (χ3v) is 5.88. The van der Waals surface area contributed by atoms with Crippen LogP contribution in [-0.2, 0) is 4.79 Å². The lowest BCUT2D eigenvalue weighted by atomic mass is 9.90. The molecule has 0 bridgehead atoms. The molecule has 0 radical (unpaired) electrons. The van der Waals surface area contributed by atoms with Crippen molar-refractivity contribution >= 4 is 5.91 Å². The van der Waals surface area contributed by atoms with Crippen LogP contribution in [0.25, 0.3) is 0 Å². The van der Waals surface area contributed by atoms with Gasteiger partial charge >= 0.3 is 6.18 Å². The molecule has 0 aromatic carbocycles. The Bertz CT molecular complexity index is 658. The van der Waals surface area contributed by atoms with Gasteiger partial charge in [0.1, 0.15) is 0 Å². The Morgan fingerprint density at radius 3 is 2.30 bits per heavy atom. The van der Waals surface area contributed by atoms with Crippen LogP contribution in [0.15, 0.2) is 12.3 Å². The lowest BCUT2D eigenvalue weighted by Gasteiger charge is -2.37. The van der Waals surface area contributed by atoms with Crippen molar-refractivity contribution in [2.45, 2.75) is 75.3 Å². The molecule has 1 aliphatic heterocycles. The van der Waals surface area contributed by atoms with Crippen molar-refractivity contribution in [3.63, 3.8) is 0 Å². The van der Waals surface area contributed by atoms with Crippen molar-refractivity contribution in [3.8, 4) is 0 Å². The largest absolute Gasteiger partial charge is 0.426 e. The van der Waals surface area contributed by atoms with Gasteiger partial charge in [-0.1, -0.05) is 0 Å². The maximum atomic E-state index is 12.9. The Balaban J connectivity index is 1.64. The fraction of sp³-hybridized carbons (Fsp3) is 0.778. The van der Waals surface area contributed by atoms with Gasteiger partial charge in [0, 0.05) is 30.9 Å². The highest BCUT2D eigenvalue weighted by molar-refractivity contribution is 5.85. The zero-order valence-corrected chi connectivity index (χ0v) is 15.3. The van der Waals surface area contributed by atoms with Crippen LogP contribution in [0, 0.1) is 0 Å². The summed E-state index contributed by atoms with van der Waals surface area (Å²) in [6.07, 6.45) is 0.713. The second-order valence-corrected chi connectivity index (χ2v) is 7.80. The number of likely N-dealkylation sites (tertiary alicyclic amines) is 1. The number of hydrogen-bond acceptors (Lipinski definition) is 4. The second kappa shape index (κ2) is 7.43. The molecule has 0 unspecified atom stereocenters. The fourth-order valence-corrected chi connectivity index (χ4v) is 4.06. The zero-order valence-electron chi connectivity index (χ0n) is 15.3. The van der Waals surface area contributed by atoms with E-state index in [0.717, 1.165) is 36.3 Å². The molecule has 6 nitrogen and oxygen atoms in total. The van der Waals surface area contributed by atoms with Gasteiger partial charge < -0.3 is 15.1 Å². The third-order valence-electron chi connectivity index (χ3n) is 5.88. The fourth-order valence-electron chi connectivity index (χ4n) is 4.06. The van der Waals surface area contributed by atoms with Crippen molar-refractivity contribution in [1.82, 2.24) is 14.7 Å². The van der Waals surface area contributed by atoms with E-state index in [2.05, 4.69) is 5.10 Å². The summed E-state index contributed by atoms with van der Waals surface area (Å²) in [5.41, 5.74) is -2.32. The third kappa shape index (κ3) is 3.99. The minimum atomic E-state index is -4.99. The van der Waals surface area contributed by atoms with Crippen molar-refractivity contribution in [2.24, 2.45) is 0 Å². The average Bonchev–Trinajstić information content (AvgIpc) is 3.10. The van der Waals surface area contributed by atoms with E-state index in [4.69, 9.17) is 0 Å². The van der Waals surface area contributed by atoms with E-state index in [1.54, 1.807) is 6.20 Å². The lowest BCUT2D eigenvalue weighted by molar-refractivity contribution is -0.250. The van der Waals surface area contributed by atoms with Crippen molar-refractivity contribution in [1.29, 1.82) is 0 Å². The Labute approximate surface area is 156 Å². The number of aliphatic hydroxyl groups is 2. The number of halogens is 3. The van der Waals surface area contributed by atoms with Crippen LogP contribution < -0.4 is 0 Å². The quantitative estimate of drug-likeness (QED) is 0.832. The molecule has 2 aliphatic rings. The highest BCUT2D eigenvalue weighted by atomic mass is 19.4. The molecule has 2 N–H and O–H groups in total. The van der Waals surface area contributed by atoms with Crippen molar-refractivity contribution < 1.29 is 28.2 Å². The van der Waals surface area contributed by atoms with Crippen LogP contribution in [0.4, 0.5) is 13.2 Å². The normalized spacial score (nSPS) is 27.4. The van der Waals surface area contributed by atoms with Gasteiger partial charge in [0.05, 0.1) is 12.1 Å². The molecule has 1 aromatic rings. The monoisotopic (exact) mass is 389 g/mol. The molecular weight excluding hydrogens is 363 g/mol. The molecule has 1 aromatic heterocycles. The molecule has 152 valence electrons. The van der Waals surface area contributed by atoms with E-state index < -0.39 is 17.7 Å². The first kappa shape index (κ1) is 20.1. The Morgan fingerprint density at radius 2 is 1.74 bits per heavy atom. The maximum absolute atomic E-state index is 12.9. The standard InChI is InChI=1S/C18H26F3N3O3/c1-17(27,18(19,20)21)16(26)23-10-7-12(8-11-23)15-6-9-22-24(15)13-2-4-14(25)5-3-13/h6,9,12-14,25,27H,2-5,7-8,10-11H2,1H3/t13?,14?,17-/m1/s1. The molecule has 1 aliphatic carbocycles. The number of aliphatic hydroxyl groups excluding tert-OH is 1. The molecule has 2 heterocycles. The topological polar surface area (TPSA) is 78.6 Å². The van der Waals surface area contributed by atoms with E-state index in [1.807, 2.05) is 10.7 Å². The molecule has 1 atom stereocenters. The molecule has 2 fully saturated rings. The maximum Gasteiger partial charge on any atom is 0.426 e. The number of rotatable bonds is 3. The summed E-state index contributed by atoms with van der Waals surface area (Å²) >= 11 is 0. The Hall–Kier alpha value is -1.61. The number of carbonyl (C=O) groups is 1. The summed E-state index contributed by atoms with van der Waals surface area (Å²) in [6.45, 7) is 0.850. The number of amides is 1. The van der Waals surface area contributed by atoms with E-state index in [-0.39, 0.29) is 31.2 Å². The van der Waals surface area contributed by atoms with Crippen molar-refractivity contribution in [2.75, 3.05) is 13.1 Å². The van der Waals surface area contributed by atoms with Gasteiger partial charge in [-0.3, -0.25) is 9.48 Å². The van der Waals surface area contributed by atoms with Crippen LogP contribution in [0.5, 0.6) is 0 Å². The van der Waals surface area contributed by atoms with Crippen LogP contribution in [0.3, 0.4) is 0 Å². The molecule has 0 spiro atoms. The minimum Gasteiger partial charge on any atom is -0.393 e. The van der Waals surface area contributed by atoms with Gasteiger partial charge in [0.15, 0.2) is 0 Å². The van der Waals surface area contributed by atoms with E-state index >= 15 is 0 Å². The molecule has 3 rings (SSSR count). The second-order valence-electron chi connectivity index (χ2n) is 7.80. The first-order valence-corrected chi connectivity index (χ1v) is 9.41. The summed E-state index contributed by atoms with van der Waals surface area (Å²) in [5, 5.41) is 23.7. The molecular formula is C18H26F3N3O3. The van der Waals surface area contributed by atoms with Gasteiger partial charge in [0.25, 0.3) is 5.91 Å². The van der Waals surface area contributed by atoms with Gasteiger partial charge in [-0.15, -0.1) is 0 Å².